The molecule has 0 aliphatic heterocycles. The largest absolute Gasteiger partial charge is 0.490 e. The van der Waals surface area contributed by atoms with Crippen molar-refractivity contribution in [3.8, 4) is 5.75 Å². The van der Waals surface area contributed by atoms with Crippen molar-refractivity contribution in [1.82, 2.24) is 15.5 Å². The van der Waals surface area contributed by atoms with Crippen LogP contribution in [-0.2, 0) is 11.3 Å². The van der Waals surface area contributed by atoms with Crippen LogP contribution in [0.4, 0.5) is 0 Å². The number of halogens is 1. The van der Waals surface area contributed by atoms with Gasteiger partial charge in [0.05, 0.1) is 11.5 Å². The first kappa shape index (κ1) is 24.8. The van der Waals surface area contributed by atoms with E-state index >= 15 is 0 Å². The maximum atomic E-state index is 12.8. The van der Waals surface area contributed by atoms with Crippen LogP contribution < -0.4 is 15.4 Å². The Morgan fingerprint density at radius 1 is 1.13 bits per heavy atom. The van der Waals surface area contributed by atoms with Gasteiger partial charge in [0.1, 0.15) is 5.75 Å². The number of aliphatic imine (C=N–C) groups is 1. The number of benzene rings is 1. The van der Waals surface area contributed by atoms with Crippen molar-refractivity contribution in [3.05, 3.63) is 29.8 Å². The molecular weight excluding hydrogens is 491 g/mol. The molecule has 0 spiro atoms. The van der Waals surface area contributed by atoms with Gasteiger partial charge in [-0.05, 0) is 44.6 Å². The SMILES string of the molecule is CN=C(NCc1ccccc1OC1CCCC1)NCC1(C(=O)N(C)C)CCCC1.I. The van der Waals surface area contributed by atoms with E-state index in [4.69, 9.17) is 4.74 Å². The molecule has 168 valence electrons. The first-order valence-corrected chi connectivity index (χ1v) is 10.9. The van der Waals surface area contributed by atoms with Crippen LogP contribution in [0.1, 0.15) is 56.9 Å². The lowest BCUT2D eigenvalue weighted by molar-refractivity contribution is -0.138. The summed E-state index contributed by atoms with van der Waals surface area (Å²) in [5.41, 5.74) is 0.812. The Morgan fingerprint density at radius 2 is 1.80 bits per heavy atom. The van der Waals surface area contributed by atoms with Crippen LogP contribution in [0.15, 0.2) is 29.3 Å². The number of nitrogens with zero attached hydrogens (tertiary/aromatic N) is 2. The van der Waals surface area contributed by atoms with Gasteiger partial charge < -0.3 is 20.3 Å². The second kappa shape index (κ2) is 11.8. The molecule has 2 aliphatic carbocycles. The van der Waals surface area contributed by atoms with Crippen LogP contribution in [0.2, 0.25) is 0 Å². The first-order valence-electron chi connectivity index (χ1n) is 10.9. The van der Waals surface area contributed by atoms with E-state index < -0.39 is 0 Å². The predicted octanol–water partition coefficient (Wildman–Crippen LogP) is 3.94. The lowest BCUT2D eigenvalue weighted by Crippen LogP contribution is -2.49. The van der Waals surface area contributed by atoms with Crippen LogP contribution >= 0.6 is 24.0 Å². The van der Waals surface area contributed by atoms with Gasteiger partial charge in [-0.3, -0.25) is 9.79 Å². The molecule has 6 nitrogen and oxygen atoms in total. The standard InChI is InChI=1S/C23H36N4O2.HI/c1-24-22(26-17-23(14-8-9-15-23)21(28)27(2)3)25-16-18-10-4-7-13-20(18)29-19-11-5-6-12-19;/h4,7,10,13,19H,5-6,8-9,11-12,14-17H2,1-3H3,(H2,24,25,26);1H. The van der Waals surface area contributed by atoms with E-state index in [1.807, 2.05) is 26.2 Å². The van der Waals surface area contributed by atoms with E-state index in [0.29, 0.717) is 19.2 Å². The Balaban J connectivity index is 0.00000320. The van der Waals surface area contributed by atoms with Crippen molar-refractivity contribution >= 4 is 35.8 Å². The van der Waals surface area contributed by atoms with Crippen LogP contribution in [0.5, 0.6) is 5.75 Å². The Labute approximate surface area is 198 Å². The summed E-state index contributed by atoms with van der Waals surface area (Å²) in [5.74, 6) is 1.89. The van der Waals surface area contributed by atoms with Crippen molar-refractivity contribution < 1.29 is 9.53 Å². The average molecular weight is 528 g/mol. The molecule has 1 aromatic carbocycles. The average Bonchev–Trinajstić information content (AvgIpc) is 3.41. The molecule has 3 rings (SSSR count). The molecule has 0 bridgehead atoms. The van der Waals surface area contributed by atoms with Gasteiger partial charge >= 0.3 is 0 Å². The van der Waals surface area contributed by atoms with Crippen molar-refractivity contribution in [3.63, 3.8) is 0 Å². The zero-order valence-corrected chi connectivity index (χ0v) is 20.9. The van der Waals surface area contributed by atoms with Gasteiger partial charge in [-0.2, -0.15) is 0 Å². The van der Waals surface area contributed by atoms with E-state index in [2.05, 4.69) is 27.8 Å². The number of hydrogen-bond donors (Lipinski definition) is 2. The summed E-state index contributed by atoms with van der Waals surface area (Å²) in [6.07, 6.45) is 9.24. The molecule has 2 fully saturated rings. The number of carbonyl (C=O) groups excluding carboxylic acids is 1. The third kappa shape index (κ3) is 6.25. The minimum absolute atomic E-state index is 0. The molecule has 0 aromatic heterocycles. The van der Waals surface area contributed by atoms with Gasteiger partial charge in [0.15, 0.2) is 5.96 Å². The van der Waals surface area contributed by atoms with Gasteiger partial charge in [-0.1, -0.05) is 31.0 Å². The van der Waals surface area contributed by atoms with Gasteiger partial charge in [-0.25, -0.2) is 0 Å². The van der Waals surface area contributed by atoms with E-state index in [0.717, 1.165) is 55.8 Å². The van der Waals surface area contributed by atoms with Crippen LogP contribution in [0, 0.1) is 5.41 Å². The number of hydrogen-bond acceptors (Lipinski definition) is 3. The Hall–Kier alpha value is -1.51. The molecule has 0 atom stereocenters. The fraction of sp³-hybridized carbons (Fsp3) is 0.652. The summed E-state index contributed by atoms with van der Waals surface area (Å²) in [6, 6.07) is 8.21. The van der Waals surface area contributed by atoms with E-state index in [9.17, 15) is 4.79 Å². The Bertz CT molecular complexity index is 711. The normalized spacial score (nSPS) is 18.6. The maximum Gasteiger partial charge on any atom is 0.230 e. The van der Waals surface area contributed by atoms with Gasteiger partial charge in [0.2, 0.25) is 5.91 Å². The summed E-state index contributed by atoms with van der Waals surface area (Å²) in [4.78, 5) is 18.8. The lowest BCUT2D eigenvalue weighted by atomic mass is 9.84. The quantitative estimate of drug-likeness (QED) is 0.320. The zero-order valence-electron chi connectivity index (χ0n) is 18.6. The van der Waals surface area contributed by atoms with E-state index in [1.165, 1.54) is 12.8 Å². The fourth-order valence-corrected chi connectivity index (χ4v) is 4.60. The number of carbonyl (C=O) groups is 1. The minimum Gasteiger partial charge on any atom is -0.490 e. The summed E-state index contributed by atoms with van der Waals surface area (Å²) < 4.78 is 6.24. The monoisotopic (exact) mass is 528 g/mol. The molecule has 2 saturated carbocycles. The van der Waals surface area contributed by atoms with E-state index in [1.54, 1.807) is 11.9 Å². The summed E-state index contributed by atoms with van der Waals surface area (Å²) in [7, 11) is 5.46. The summed E-state index contributed by atoms with van der Waals surface area (Å²) in [5, 5.41) is 6.80. The lowest BCUT2D eigenvalue weighted by Gasteiger charge is -2.31. The molecule has 0 saturated heterocycles. The third-order valence-electron chi connectivity index (χ3n) is 6.25. The van der Waals surface area contributed by atoms with Crippen molar-refractivity contribution in [2.45, 2.75) is 64.0 Å². The van der Waals surface area contributed by atoms with Gasteiger partial charge in [-0.15, -0.1) is 24.0 Å². The summed E-state index contributed by atoms with van der Waals surface area (Å²) in [6.45, 7) is 1.25. The molecule has 7 heteroatoms. The molecule has 0 heterocycles. The van der Waals surface area contributed by atoms with Gasteiger partial charge in [0, 0.05) is 39.8 Å². The van der Waals surface area contributed by atoms with Crippen LogP contribution in [0.3, 0.4) is 0 Å². The van der Waals surface area contributed by atoms with Gasteiger partial charge in [0.25, 0.3) is 0 Å². The topological polar surface area (TPSA) is 66.0 Å². The Kier molecular flexibility index (Phi) is 9.71. The Morgan fingerprint density at radius 3 is 2.43 bits per heavy atom. The minimum atomic E-state index is -0.315. The highest BCUT2D eigenvalue weighted by atomic mass is 127. The molecular formula is C23H37IN4O2. The fourth-order valence-electron chi connectivity index (χ4n) is 4.60. The highest BCUT2D eigenvalue weighted by Crippen LogP contribution is 2.38. The number of guanidine groups is 1. The molecule has 1 amide bonds. The maximum absolute atomic E-state index is 12.8. The van der Waals surface area contributed by atoms with Crippen molar-refractivity contribution in [1.29, 1.82) is 0 Å². The molecule has 30 heavy (non-hydrogen) atoms. The highest BCUT2D eigenvalue weighted by Gasteiger charge is 2.42. The second-order valence-electron chi connectivity index (χ2n) is 8.60. The number of ether oxygens (including phenoxy) is 1. The number of amides is 1. The van der Waals surface area contributed by atoms with Crippen molar-refractivity contribution in [2.75, 3.05) is 27.7 Å². The second-order valence-corrected chi connectivity index (χ2v) is 8.60. The zero-order chi connectivity index (χ0) is 20.7. The molecule has 1 aromatic rings. The number of nitrogens with one attached hydrogen (secondary N) is 2. The summed E-state index contributed by atoms with van der Waals surface area (Å²) >= 11 is 0. The van der Waals surface area contributed by atoms with E-state index in [-0.39, 0.29) is 35.3 Å². The predicted molar refractivity (Wildman–Crippen MR) is 133 cm³/mol. The molecule has 2 N–H and O–H groups in total. The van der Waals surface area contributed by atoms with Crippen molar-refractivity contribution in [2.24, 2.45) is 10.4 Å². The highest BCUT2D eigenvalue weighted by molar-refractivity contribution is 14.0. The molecule has 0 unspecified atom stereocenters. The molecule has 2 aliphatic rings. The van der Waals surface area contributed by atoms with Crippen LogP contribution in [0.25, 0.3) is 0 Å². The first-order chi connectivity index (χ1) is 14.0. The smallest absolute Gasteiger partial charge is 0.230 e. The third-order valence-corrected chi connectivity index (χ3v) is 6.25. The number of rotatable bonds is 7. The molecule has 0 radical (unpaired) electrons. The number of para-hydroxylation sites is 1. The van der Waals surface area contributed by atoms with Crippen LogP contribution in [-0.4, -0.2) is 50.6 Å².